The second-order valence-corrected chi connectivity index (χ2v) is 4.98. The molecule has 86 valence electrons. The van der Waals surface area contributed by atoms with Gasteiger partial charge in [-0.1, -0.05) is 45.4 Å². The van der Waals surface area contributed by atoms with Crippen molar-refractivity contribution in [1.29, 1.82) is 0 Å². The molecule has 0 saturated carbocycles. The van der Waals surface area contributed by atoms with Gasteiger partial charge >= 0.3 is 0 Å². The van der Waals surface area contributed by atoms with E-state index in [9.17, 15) is 5.21 Å². The maximum Gasteiger partial charge on any atom is 0.0901 e. The maximum atomic E-state index is 10.6. The Balaban J connectivity index is 3.13. The van der Waals surface area contributed by atoms with Gasteiger partial charge in [-0.05, 0) is 20.3 Å². The molecule has 0 fully saturated rings. The van der Waals surface area contributed by atoms with E-state index in [1.807, 2.05) is 13.8 Å². The molecule has 0 aliphatic heterocycles. The zero-order chi connectivity index (χ0) is 10.9. The lowest BCUT2D eigenvalue weighted by Gasteiger charge is -2.24. The van der Waals surface area contributed by atoms with Crippen LogP contribution in [-0.2, 0) is 0 Å². The summed E-state index contributed by atoms with van der Waals surface area (Å²) in [6, 6.07) is 0. The predicted molar refractivity (Wildman–Crippen MR) is 62.0 cm³/mol. The monoisotopic (exact) mass is 201 g/mol. The Bertz CT molecular complexity index is 123. The minimum atomic E-state index is -0.0938. The normalized spacial score (nSPS) is 12.0. The quantitative estimate of drug-likeness (QED) is 0.452. The fourth-order valence-electron chi connectivity index (χ4n) is 1.60. The van der Waals surface area contributed by atoms with Gasteiger partial charge in [0.25, 0.3) is 0 Å². The van der Waals surface area contributed by atoms with E-state index >= 15 is 0 Å². The van der Waals surface area contributed by atoms with E-state index in [4.69, 9.17) is 0 Å². The first-order chi connectivity index (χ1) is 6.62. The standard InChI is InChI=1S/C12H27NO/c1-4-5-6-7-8-9-10-11-12(2,3)13-14/h4-11,13H2,1-3H3. The molecule has 2 nitrogen and oxygen atoms in total. The van der Waals surface area contributed by atoms with Gasteiger partial charge in [-0.25, -0.2) is 0 Å². The van der Waals surface area contributed by atoms with Crippen LogP contribution in [0.25, 0.3) is 0 Å². The highest BCUT2D eigenvalue weighted by molar-refractivity contribution is 4.64. The minimum absolute atomic E-state index is 0.0938. The van der Waals surface area contributed by atoms with Gasteiger partial charge in [0.05, 0.1) is 5.54 Å². The van der Waals surface area contributed by atoms with Crippen molar-refractivity contribution in [3.05, 3.63) is 5.21 Å². The summed E-state index contributed by atoms with van der Waals surface area (Å²) in [6.07, 6.45) is 10.3. The first-order valence-electron chi connectivity index (χ1n) is 6.09. The molecule has 0 unspecified atom stereocenters. The van der Waals surface area contributed by atoms with Crippen molar-refractivity contribution in [1.82, 2.24) is 0 Å². The first kappa shape index (κ1) is 13.9. The molecule has 0 amide bonds. The summed E-state index contributed by atoms with van der Waals surface area (Å²) in [5.41, 5.74) is 0.994. The smallest absolute Gasteiger partial charge is 0.0901 e. The molecule has 0 rings (SSSR count). The van der Waals surface area contributed by atoms with Crippen molar-refractivity contribution in [3.63, 3.8) is 0 Å². The molecule has 2 N–H and O–H groups in total. The molecule has 2 heteroatoms. The van der Waals surface area contributed by atoms with Crippen LogP contribution in [0.3, 0.4) is 0 Å². The average molecular weight is 201 g/mol. The Morgan fingerprint density at radius 2 is 1.43 bits per heavy atom. The molecular weight excluding hydrogens is 174 g/mol. The van der Waals surface area contributed by atoms with Crippen LogP contribution in [0.1, 0.15) is 72.1 Å². The largest absolute Gasteiger partial charge is 0.635 e. The minimum Gasteiger partial charge on any atom is -0.635 e. The molecule has 0 aromatic carbocycles. The maximum absolute atomic E-state index is 10.6. The van der Waals surface area contributed by atoms with Crippen molar-refractivity contribution in [3.8, 4) is 0 Å². The van der Waals surface area contributed by atoms with Crippen molar-refractivity contribution >= 4 is 0 Å². The van der Waals surface area contributed by atoms with E-state index in [2.05, 4.69) is 6.92 Å². The third-order valence-corrected chi connectivity index (χ3v) is 2.74. The third kappa shape index (κ3) is 8.52. The van der Waals surface area contributed by atoms with Crippen LogP contribution in [0.2, 0.25) is 0 Å². The fraction of sp³-hybridized carbons (Fsp3) is 1.00. The lowest BCUT2D eigenvalue weighted by atomic mass is 9.97. The van der Waals surface area contributed by atoms with E-state index in [1.54, 1.807) is 0 Å². The van der Waals surface area contributed by atoms with E-state index in [0.29, 0.717) is 0 Å². The van der Waals surface area contributed by atoms with Gasteiger partial charge in [-0.2, -0.15) is 0 Å². The molecule has 0 bridgehead atoms. The lowest BCUT2D eigenvalue weighted by molar-refractivity contribution is -0.663. The predicted octanol–water partition coefficient (Wildman–Crippen LogP) is 2.97. The molecular formula is C12H27NO. The molecule has 14 heavy (non-hydrogen) atoms. The number of unbranched alkanes of at least 4 members (excludes halogenated alkanes) is 6. The number of nitrogens with two attached hydrogens (primary N) is 1. The highest BCUT2D eigenvalue weighted by atomic mass is 16.5. The van der Waals surface area contributed by atoms with Crippen molar-refractivity contribution < 1.29 is 5.48 Å². The summed E-state index contributed by atoms with van der Waals surface area (Å²) >= 11 is 0. The van der Waals surface area contributed by atoms with E-state index in [1.165, 1.54) is 44.9 Å². The van der Waals surface area contributed by atoms with Crippen LogP contribution < -0.4 is 5.48 Å². The van der Waals surface area contributed by atoms with Crippen LogP contribution >= 0.6 is 0 Å². The summed E-state index contributed by atoms with van der Waals surface area (Å²) in [5, 5.41) is 10.6. The van der Waals surface area contributed by atoms with Crippen LogP contribution in [0.15, 0.2) is 0 Å². The van der Waals surface area contributed by atoms with Gasteiger partial charge in [-0.3, -0.25) is 0 Å². The third-order valence-electron chi connectivity index (χ3n) is 2.74. The Morgan fingerprint density at radius 3 is 1.93 bits per heavy atom. The van der Waals surface area contributed by atoms with E-state index in [0.717, 1.165) is 11.9 Å². The SMILES string of the molecule is CCCCCCCCCC(C)(C)[NH2+][O-]. The van der Waals surface area contributed by atoms with Crippen molar-refractivity contribution in [2.75, 3.05) is 0 Å². The Morgan fingerprint density at radius 1 is 0.929 bits per heavy atom. The summed E-state index contributed by atoms with van der Waals surface area (Å²) in [5.74, 6) is 0. The molecule has 0 aromatic heterocycles. The van der Waals surface area contributed by atoms with Crippen LogP contribution in [0.5, 0.6) is 0 Å². The summed E-state index contributed by atoms with van der Waals surface area (Å²) in [4.78, 5) is 0. The highest BCUT2D eigenvalue weighted by Crippen LogP contribution is 2.12. The zero-order valence-corrected chi connectivity index (χ0v) is 10.1. The lowest BCUT2D eigenvalue weighted by Crippen LogP contribution is -2.89. The molecule has 0 spiro atoms. The van der Waals surface area contributed by atoms with Gasteiger partial charge in [0.2, 0.25) is 0 Å². The number of hydrogen-bond acceptors (Lipinski definition) is 1. The van der Waals surface area contributed by atoms with Gasteiger partial charge in [-0.15, -0.1) is 0 Å². The first-order valence-corrected chi connectivity index (χ1v) is 6.09. The number of hydrogen-bond donors (Lipinski definition) is 1. The van der Waals surface area contributed by atoms with Crippen LogP contribution in [0.4, 0.5) is 0 Å². The van der Waals surface area contributed by atoms with E-state index in [-0.39, 0.29) is 5.54 Å². The second kappa shape index (κ2) is 8.25. The number of quaternary nitrogens is 1. The summed E-state index contributed by atoms with van der Waals surface area (Å²) in [7, 11) is 0. The van der Waals surface area contributed by atoms with Gasteiger partial charge in [0, 0.05) is 6.42 Å². The molecule has 0 atom stereocenters. The van der Waals surface area contributed by atoms with Gasteiger partial charge < -0.3 is 10.7 Å². The molecule has 0 aliphatic carbocycles. The molecule has 0 saturated heterocycles. The topological polar surface area (TPSA) is 39.7 Å². The van der Waals surface area contributed by atoms with Crippen LogP contribution in [0, 0.1) is 5.21 Å². The Labute approximate surface area is 89.1 Å². The fourth-order valence-corrected chi connectivity index (χ4v) is 1.60. The van der Waals surface area contributed by atoms with E-state index < -0.39 is 0 Å². The van der Waals surface area contributed by atoms with Crippen molar-refractivity contribution in [2.45, 2.75) is 77.7 Å². The van der Waals surface area contributed by atoms with Gasteiger partial charge in [0.15, 0.2) is 0 Å². The highest BCUT2D eigenvalue weighted by Gasteiger charge is 2.15. The van der Waals surface area contributed by atoms with Gasteiger partial charge in [0.1, 0.15) is 0 Å². The molecule has 0 radical (unpaired) electrons. The number of rotatable bonds is 9. The Kier molecular flexibility index (Phi) is 8.20. The van der Waals surface area contributed by atoms with Crippen LogP contribution in [-0.4, -0.2) is 5.54 Å². The summed E-state index contributed by atoms with van der Waals surface area (Å²) in [6.45, 7) is 6.29. The second-order valence-electron chi connectivity index (χ2n) is 4.98. The molecule has 0 heterocycles. The zero-order valence-electron chi connectivity index (χ0n) is 10.1. The molecule has 0 aliphatic rings. The number of hydroxylamine groups is 1. The Hall–Kier alpha value is -0.0800. The molecule has 0 aromatic rings. The van der Waals surface area contributed by atoms with Crippen molar-refractivity contribution in [2.24, 2.45) is 0 Å². The average Bonchev–Trinajstić information content (AvgIpc) is 2.16. The summed E-state index contributed by atoms with van der Waals surface area (Å²) < 4.78 is 0.